The molecule has 0 bridgehead atoms. The quantitative estimate of drug-likeness (QED) is 0.779. The minimum atomic E-state index is -0.219. The molecule has 3 aliphatic rings. The Bertz CT molecular complexity index is 932. The molecule has 0 radical (unpaired) electrons. The molecule has 126 valence electrons. The molecule has 1 fully saturated rings. The highest BCUT2D eigenvalue weighted by Gasteiger charge is 2.38. The molecule has 0 amide bonds. The minimum absolute atomic E-state index is 0.219. The van der Waals surface area contributed by atoms with Crippen molar-refractivity contribution in [2.24, 2.45) is 11.7 Å². The first kappa shape index (κ1) is 15.0. The van der Waals surface area contributed by atoms with Crippen molar-refractivity contribution in [2.45, 2.75) is 24.3 Å². The topological polar surface area (TPSA) is 45.0 Å². The number of halogens is 1. The molecule has 0 saturated heterocycles. The van der Waals surface area contributed by atoms with Crippen LogP contribution in [0.2, 0.25) is 0 Å². The summed E-state index contributed by atoms with van der Waals surface area (Å²) >= 11 is 1.57. The predicted octanol–water partition coefficient (Wildman–Crippen LogP) is 4.83. The Morgan fingerprint density at radius 2 is 2.00 bits per heavy atom. The van der Waals surface area contributed by atoms with E-state index in [4.69, 9.17) is 5.73 Å². The molecule has 1 aromatic heterocycles. The summed E-state index contributed by atoms with van der Waals surface area (Å²) in [6.45, 7) is 0.512. The fraction of sp³-hybridized carbons (Fsp3) is 0.200. The lowest BCUT2D eigenvalue weighted by atomic mass is 9.91. The van der Waals surface area contributed by atoms with Crippen LogP contribution in [-0.4, -0.2) is 9.29 Å². The van der Waals surface area contributed by atoms with E-state index in [1.807, 2.05) is 34.8 Å². The molecule has 3 nitrogen and oxygen atoms in total. The molecule has 3 N–H and O–H groups in total. The Balaban J connectivity index is 1.71. The zero-order valence-electron chi connectivity index (χ0n) is 13.6. The van der Waals surface area contributed by atoms with Crippen molar-refractivity contribution in [3.05, 3.63) is 77.1 Å². The fourth-order valence-corrected chi connectivity index (χ4v) is 4.61. The second-order valence-electron chi connectivity index (χ2n) is 6.66. The van der Waals surface area contributed by atoms with E-state index < -0.39 is 0 Å². The Hall–Kier alpha value is -2.24. The third kappa shape index (κ3) is 2.46. The third-order valence-corrected chi connectivity index (χ3v) is 5.95. The first-order valence-corrected chi connectivity index (χ1v) is 9.29. The van der Waals surface area contributed by atoms with E-state index in [9.17, 15) is 4.39 Å². The summed E-state index contributed by atoms with van der Waals surface area (Å²) in [6, 6.07) is 8.12. The molecular weight excluding hydrogens is 333 g/mol. The van der Waals surface area contributed by atoms with Gasteiger partial charge in [-0.25, -0.2) is 4.39 Å². The zero-order valence-corrected chi connectivity index (χ0v) is 14.4. The highest BCUT2D eigenvalue weighted by molar-refractivity contribution is 7.97. The molecular formula is C20H18FN3S. The average Bonchev–Trinajstić information content (AvgIpc) is 3.36. The first-order chi connectivity index (χ1) is 12.2. The molecule has 5 heteroatoms. The standard InChI is InChI=1S/C20H18FN3S/c21-15-7-16(13-3-1-12(8-22)2-4-13)20-19(14-5-6-14)17-9-23-10-18(17)25-24(20)11-15/h1-4,7,9-11,14,23H,5-6,8,22H2. The third-order valence-electron chi connectivity index (χ3n) is 4.93. The van der Waals surface area contributed by atoms with Gasteiger partial charge in [0.2, 0.25) is 0 Å². The van der Waals surface area contributed by atoms with Gasteiger partial charge in [-0.2, -0.15) is 0 Å². The van der Waals surface area contributed by atoms with Gasteiger partial charge >= 0.3 is 0 Å². The van der Waals surface area contributed by atoms with Crippen LogP contribution in [-0.2, 0) is 6.54 Å². The van der Waals surface area contributed by atoms with E-state index >= 15 is 0 Å². The number of nitrogens with one attached hydrogen (secondary N) is 1. The summed E-state index contributed by atoms with van der Waals surface area (Å²) < 4.78 is 16.4. The molecule has 5 rings (SSSR count). The smallest absolute Gasteiger partial charge is 0.141 e. The molecule has 0 atom stereocenters. The number of aromatic amines is 1. The van der Waals surface area contributed by atoms with Gasteiger partial charge in [-0.05, 0) is 53.5 Å². The normalized spacial score (nSPS) is 19.4. The van der Waals surface area contributed by atoms with E-state index in [2.05, 4.69) is 11.2 Å². The van der Waals surface area contributed by atoms with Gasteiger partial charge in [0.15, 0.2) is 0 Å². The number of nitrogens with two attached hydrogens (primary N) is 1. The summed E-state index contributed by atoms with van der Waals surface area (Å²) in [5, 5.41) is 0. The van der Waals surface area contributed by atoms with Gasteiger partial charge in [-0.15, -0.1) is 0 Å². The van der Waals surface area contributed by atoms with Crippen molar-refractivity contribution in [1.29, 1.82) is 0 Å². The maximum Gasteiger partial charge on any atom is 0.141 e. The number of hydrogen-bond donors (Lipinski definition) is 2. The number of rotatable bonds is 3. The monoisotopic (exact) mass is 351 g/mol. The molecule has 1 aromatic carbocycles. The highest BCUT2D eigenvalue weighted by atomic mass is 32.2. The van der Waals surface area contributed by atoms with Crippen LogP contribution in [0, 0.1) is 5.92 Å². The molecule has 25 heavy (non-hydrogen) atoms. The van der Waals surface area contributed by atoms with E-state index in [0.717, 1.165) is 27.3 Å². The summed E-state index contributed by atoms with van der Waals surface area (Å²) in [5.41, 5.74) is 12.5. The number of fused-ring (bicyclic) bond motifs is 2. The zero-order chi connectivity index (χ0) is 17.0. The maximum atomic E-state index is 14.4. The van der Waals surface area contributed by atoms with Crippen LogP contribution in [0.3, 0.4) is 0 Å². The summed E-state index contributed by atoms with van der Waals surface area (Å²) in [5.74, 6) is 0.345. The molecule has 2 aliphatic heterocycles. The Labute approximate surface area is 150 Å². The molecule has 0 spiro atoms. The van der Waals surface area contributed by atoms with Crippen LogP contribution in [0.4, 0.5) is 4.39 Å². The molecule has 3 heterocycles. The number of hydrogen-bond acceptors (Lipinski definition) is 3. The summed E-state index contributed by atoms with van der Waals surface area (Å²) in [4.78, 5) is 4.38. The van der Waals surface area contributed by atoms with Crippen molar-refractivity contribution in [3.63, 3.8) is 0 Å². The predicted molar refractivity (Wildman–Crippen MR) is 99.6 cm³/mol. The summed E-state index contributed by atoms with van der Waals surface area (Å²) in [6.07, 6.45) is 9.73. The number of H-pyrrole nitrogens is 1. The SMILES string of the molecule is NCc1ccc(C2=CC(F)=CN3Sc4c[nH]cc4C(C4CC4)=C23)cc1. The fourth-order valence-electron chi connectivity index (χ4n) is 3.57. The Kier molecular flexibility index (Phi) is 3.40. The highest BCUT2D eigenvalue weighted by Crippen LogP contribution is 2.55. The van der Waals surface area contributed by atoms with Gasteiger partial charge in [-0.3, -0.25) is 4.31 Å². The van der Waals surface area contributed by atoms with Crippen molar-refractivity contribution in [3.8, 4) is 0 Å². The number of allylic oxidation sites excluding steroid dienone is 4. The molecule has 1 saturated carbocycles. The lowest BCUT2D eigenvalue weighted by Crippen LogP contribution is -2.19. The first-order valence-electron chi connectivity index (χ1n) is 8.52. The lowest BCUT2D eigenvalue weighted by Gasteiger charge is -2.34. The Morgan fingerprint density at radius 1 is 1.20 bits per heavy atom. The van der Waals surface area contributed by atoms with Gasteiger partial charge in [0.05, 0.1) is 16.8 Å². The second kappa shape index (κ2) is 5.64. The number of nitrogens with zero attached hydrogens (tertiary/aromatic N) is 1. The van der Waals surface area contributed by atoms with E-state index in [-0.39, 0.29) is 5.83 Å². The van der Waals surface area contributed by atoms with E-state index in [0.29, 0.717) is 12.5 Å². The maximum absolute atomic E-state index is 14.4. The van der Waals surface area contributed by atoms with E-state index in [1.54, 1.807) is 24.2 Å². The van der Waals surface area contributed by atoms with Crippen molar-refractivity contribution < 1.29 is 4.39 Å². The van der Waals surface area contributed by atoms with Crippen LogP contribution >= 0.6 is 11.9 Å². The second-order valence-corrected chi connectivity index (χ2v) is 7.68. The molecule has 0 unspecified atom stereocenters. The average molecular weight is 351 g/mol. The van der Waals surface area contributed by atoms with Crippen LogP contribution in [0.5, 0.6) is 0 Å². The van der Waals surface area contributed by atoms with Crippen molar-refractivity contribution in [1.82, 2.24) is 9.29 Å². The van der Waals surface area contributed by atoms with Crippen molar-refractivity contribution >= 4 is 23.1 Å². The van der Waals surface area contributed by atoms with Gasteiger partial charge in [0, 0.05) is 30.1 Å². The van der Waals surface area contributed by atoms with Crippen LogP contribution in [0.1, 0.15) is 29.5 Å². The molecule has 2 aromatic rings. The largest absolute Gasteiger partial charge is 0.366 e. The van der Waals surface area contributed by atoms with Gasteiger partial charge in [-0.1, -0.05) is 24.3 Å². The Morgan fingerprint density at radius 3 is 2.72 bits per heavy atom. The minimum Gasteiger partial charge on any atom is -0.366 e. The van der Waals surface area contributed by atoms with Gasteiger partial charge in [0.1, 0.15) is 5.83 Å². The van der Waals surface area contributed by atoms with Gasteiger partial charge in [0.25, 0.3) is 0 Å². The summed E-state index contributed by atoms with van der Waals surface area (Å²) in [7, 11) is 0. The van der Waals surface area contributed by atoms with Gasteiger partial charge < -0.3 is 10.7 Å². The van der Waals surface area contributed by atoms with Crippen molar-refractivity contribution in [2.75, 3.05) is 0 Å². The van der Waals surface area contributed by atoms with Crippen LogP contribution in [0.25, 0.3) is 11.1 Å². The van der Waals surface area contributed by atoms with E-state index in [1.165, 1.54) is 24.0 Å². The lowest BCUT2D eigenvalue weighted by molar-refractivity contribution is 0.625. The van der Waals surface area contributed by atoms with Crippen LogP contribution in [0.15, 0.2) is 65.4 Å². The number of aromatic nitrogens is 1. The molecule has 1 aliphatic carbocycles. The number of benzene rings is 1. The van der Waals surface area contributed by atoms with Crippen LogP contribution < -0.4 is 5.73 Å².